The van der Waals surface area contributed by atoms with Gasteiger partial charge in [-0.05, 0) is 43.0 Å². The molecule has 1 N–H and O–H groups in total. The van der Waals surface area contributed by atoms with Crippen LogP contribution in [0, 0.1) is 6.92 Å². The molecule has 0 heterocycles. The third-order valence-corrected chi connectivity index (χ3v) is 4.36. The maximum absolute atomic E-state index is 11.9. The fourth-order valence-corrected chi connectivity index (χ4v) is 3.25. The molecule has 0 radical (unpaired) electrons. The number of aryl methyl sites for hydroxylation is 1. The zero-order valence-electron chi connectivity index (χ0n) is 12.4. The molecule has 1 aromatic carbocycles. The van der Waals surface area contributed by atoms with Gasteiger partial charge in [0.15, 0.2) is 11.5 Å². The minimum Gasteiger partial charge on any atom is -0.493 e. The summed E-state index contributed by atoms with van der Waals surface area (Å²) in [7, 11) is 3.16. The summed E-state index contributed by atoms with van der Waals surface area (Å²) in [6, 6.07) is 3.71. The zero-order valence-corrected chi connectivity index (χ0v) is 12.4. The summed E-state index contributed by atoms with van der Waals surface area (Å²) in [5, 5.41) is 9.78. The second-order valence-electron chi connectivity index (χ2n) is 5.47. The van der Waals surface area contributed by atoms with Crippen LogP contribution in [0.4, 0.5) is 0 Å². The number of carboxylic acids is 1. The second-order valence-corrected chi connectivity index (χ2v) is 5.47. The summed E-state index contributed by atoms with van der Waals surface area (Å²) in [5.41, 5.74) is 1.04. The molecular weight excluding hydrogens is 256 g/mol. The Labute approximate surface area is 119 Å². The predicted molar refractivity (Wildman–Crippen MR) is 76.7 cm³/mol. The third kappa shape index (κ3) is 2.35. The number of ether oxygens (including phenoxy) is 2. The van der Waals surface area contributed by atoms with Crippen LogP contribution in [-0.2, 0) is 10.2 Å². The minimum absolute atomic E-state index is 0.597. The van der Waals surface area contributed by atoms with Gasteiger partial charge in [-0.2, -0.15) is 0 Å². The molecule has 0 unspecified atom stereocenters. The first-order chi connectivity index (χ1) is 9.55. The van der Waals surface area contributed by atoms with Gasteiger partial charge in [0.05, 0.1) is 19.6 Å². The molecule has 2 rings (SSSR count). The Hall–Kier alpha value is -1.71. The average molecular weight is 278 g/mol. The number of hydrogen-bond acceptors (Lipinski definition) is 3. The van der Waals surface area contributed by atoms with Crippen molar-refractivity contribution in [2.24, 2.45) is 0 Å². The van der Waals surface area contributed by atoms with Gasteiger partial charge in [-0.1, -0.05) is 19.3 Å². The lowest BCUT2D eigenvalue weighted by Gasteiger charge is -2.35. The molecule has 0 aliphatic heterocycles. The van der Waals surface area contributed by atoms with Crippen LogP contribution < -0.4 is 9.47 Å². The van der Waals surface area contributed by atoms with Gasteiger partial charge in [-0.25, -0.2) is 0 Å². The largest absolute Gasteiger partial charge is 0.493 e. The van der Waals surface area contributed by atoms with E-state index in [1.165, 1.54) is 0 Å². The summed E-state index contributed by atoms with van der Waals surface area (Å²) in [6.45, 7) is 1.94. The highest BCUT2D eigenvalue weighted by Gasteiger charge is 2.42. The molecule has 0 amide bonds. The van der Waals surface area contributed by atoms with Crippen LogP contribution in [0.2, 0.25) is 0 Å². The van der Waals surface area contributed by atoms with Crippen molar-refractivity contribution >= 4 is 5.97 Å². The quantitative estimate of drug-likeness (QED) is 0.918. The van der Waals surface area contributed by atoms with Crippen LogP contribution in [0.5, 0.6) is 11.5 Å². The zero-order chi connectivity index (χ0) is 14.8. The molecule has 1 aromatic rings. The second kappa shape index (κ2) is 5.73. The Morgan fingerprint density at radius 2 is 1.65 bits per heavy atom. The van der Waals surface area contributed by atoms with E-state index in [2.05, 4.69) is 0 Å². The first-order valence-corrected chi connectivity index (χ1v) is 7.01. The molecule has 4 heteroatoms. The highest BCUT2D eigenvalue weighted by Crippen LogP contribution is 2.44. The molecule has 20 heavy (non-hydrogen) atoms. The highest BCUT2D eigenvalue weighted by atomic mass is 16.5. The van der Waals surface area contributed by atoms with Gasteiger partial charge in [-0.15, -0.1) is 0 Å². The summed E-state index contributed by atoms with van der Waals surface area (Å²) >= 11 is 0. The molecule has 0 saturated heterocycles. The summed E-state index contributed by atoms with van der Waals surface area (Å²) < 4.78 is 10.6. The Balaban J connectivity index is 2.56. The van der Waals surface area contributed by atoms with E-state index in [4.69, 9.17) is 9.47 Å². The minimum atomic E-state index is -0.776. The summed E-state index contributed by atoms with van der Waals surface area (Å²) in [6.07, 6.45) is 4.42. The SMILES string of the molecule is COc1cc(C)c(C2(C(=O)O)CCCCC2)cc1OC. The number of aliphatic carboxylic acids is 1. The van der Waals surface area contributed by atoms with Gasteiger partial charge in [-0.3, -0.25) is 4.79 Å². The molecule has 1 aliphatic rings. The molecule has 0 aromatic heterocycles. The lowest BCUT2D eigenvalue weighted by atomic mass is 9.68. The molecular formula is C16H22O4. The van der Waals surface area contributed by atoms with Crippen molar-refractivity contribution in [3.63, 3.8) is 0 Å². The summed E-state index contributed by atoms with van der Waals surface area (Å²) in [5.74, 6) is 0.511. The molecule has 110 valence electrons. The van der Waals surface area contributed by atoms with Gasteiger partial charge in [0.25, 0.3) is 0 Å². The number of hydrogen-bond donors (Lipinski definition) is 1. The van der Waals surface area contributed by atoms with Crippen molar-refractivity contribution in [2.45, 2.75) is 44.4 Å². The van der Waals surface area contributed by atoms with Crippen LogP contribution >= 0.6 is 0 Å². The smallest absolute Gasteiger partial charge is 0.314 e. The Morgan fingerprint density at radius 1 is 1.10 bits per heavy atom. The maximum Gasteiger partial charge on any atom is 0.314 e. The van der Waals surface area contributed by atoms with Crippen molar-refractivity contribution in [1.82, 2.24) is 0 Å². The van der Waals surface area contributed by atoms with Crippen molar-refractivity contribution in [2.75, 3.05) is 14.2 Å². The molecule has 1 aliphatic carbocycles. The highest BCUT2D eigenvalue weighted by molar-refractivity contribution is 5.82. The van der Waals surface area contributed by atoms with Gasteiger partial charge in [0.2, 0.25) is 0 Å². The van der Waals surface area contributed by atoms with Crippen molar-refractivity contribution in [1.29, 1.82) is 0 Å². The fourth-order valence-electron chi connectivity index (χ4n) is 3.25. The van der Waals surface area contributed by atoms with E-state index < -0.39 is 11.4 Å². The van der Waals surface area contributed by atoms with Crippen LogP contribution in [0.25, 0.3) is 0 Å². The van der Waals surface area contributed by atoms with E-state index in [1.807, 2.05) is 19.1 Å². The topological polar surface area (TPSA) is 55.8 Å². The van der Waals surface area contributed by atoms with Crippen LogP contribution in [0.15, 0.2) is 12.1 Å². The summed E-state index contributed by atoms with van der Waals surface area (Å²) in [4.78, 5) is 11.9. The molecule has 1 saturated carbocycles. The van der Waals surface area contributed by atoms with Gasteiger partial charge in [0.1, 0.15) is 0 Å². The molecule has 4 nitrogen and oxygen atoms in total. The molecule has 0 bridgehead atoms. The van der Waals surface area contributed by atoms with Gasteiger partial charge < -0.3 is 14.6 Å². The number of carbonyl (C=O) groups is 1. The number of benzene rings is 1. The Bertz CT molecular complexity index is 501. The first kappa shape index (κ1) is 14.7. The normalized spacial score (nSPS) is 17.6. The lowest BCUT2D eigenvalue weighted by molar-refractivity contribution is -0.145. The van der Waals surface area contributed by atoms with Crippen LogP contribution in [0.3, 0.4) is 0 Å². The van der Waals surface area contributed by atoms with Crippen LogP contribution in [-0.4, -0.2) is 25.3 Å². The van der Waals surface area contributed by atoms with Crippen LogP contribution in [0.1, 0.15) is 43.2 Å². The number of rotatable bonds is 4. The molecule has 0 spiro atoms. The van der Waals surface area contributed by atoms with E-state index in [0.717, 1.165) is 30.4 Å². The third-order valence-electron chi connectivity index (χ3n) is 4.36. The average Bonchev–Trinajstić information content (AvgIpc) is 2.47. The van der Waals surface area contributed by atoms with E-state index >= 15 is 0 Å². The van der Waals surface area contributed by atoms with Crippen molar-refractivity contribution in [3.05, 3.63) is 23.3 Å². The van der Waals surface area contributed by atoms with Gasteiger partial charge >= 0.3 is 5.97 Å². The van der Waals surface area contributed by atoms with E-state index in [0.29, 0.717) is 24.3 Å². The van der Waals surface area contributed by atoms with E-state index in [-0.39, 0.29) is 0 Å². The van der Waals surface area contributed by atoms with Crippen molar-refractivity contribution < 1.29 is 19.4 Å². The molecule has 0 atom stereocenters. The Kier molecular flexibility index (Phi) is 4.21. The predicted octanol–water partition coefficient (Wildman–Crippen LogP) is 3.30. The number of methoxy groups -OCH3 is 2. The first-order valence-electron chi connectivity index (χ1n) is 7.01. The van der Waals surface area contributed by atoms with Gasteiger partial charge in [0, 0.05) is 0 Å². The fraction of sp³-hybridized carbons (Fsp3) is 0.562. The van der Waals surface area contributed by atoms with E-state index in [1.54, 1.807) is 14.2 Å². The maximum atomic E-state index is 11.9. The lowest BCUT2D eigenvalue weighted by Crippen LogP contribution is -2.38. The number of carboxylic acid groups (broad SMARTS) is 1. The monoisotopic (exact) mass is 278 g/mol. The standard InChI is InChI=1S/C16H22O4/c1-11-9-13(19-2)14(20-3)10-12(11)16(15(17)18)7-5-4-6-8-16/h9-10H,4-8H2,1-3H3,(H,17,18). The molecule has 1 fully saturated rings. The van der Waals surface area contributed by atoms with E-state index in [9.17, 15) is 9.90 Å². The Morgan fingerprint density at radius 3 is 2.15 bits per heavy atom. The van der Waals surface area contributed by atoms with Crippen molar-refractivity contribution in [3.8, 4) is 11.5 Å².